The molecule has 0 aliphatic carbocycles. The first-order valence-corrected chi connectivity index (χ1v) is 14.4. The zero-order chi connectivity index (χ0) is 20.2. The molecule has 1 aromatic rings. The summed E-state index contributed by atoms with van der Waals surface area (Å²) in [6.07, 6.45) is 0.611. The molecule has 1 N–H and O–H groups in total. The van der Waals surface area contributed by atoms with Gasteiger partial charge in [0.25, 0.3) is 0 Å². The predicted molar refractivity (Wildman–Crippen MR) is 111 cm³/mol. The maximum Gasteiger partial charge on any atom is 0.250 e. The maximum absolute atomic E-state index is 11.8. The number of carbonyl (C=O) groups excluding carboxylic acids is 1. The van der Waals surface area contributed by atoms with Gasteiger partial charge in [-0.05, 0) is 42.2 Å². The third-order valence-electron chi connectivity index (χ3n) is 4.58. The molecule has 1 amide bonds. The van der Waals surface area contributed by atoms with Crippen LogP contribution in [-0.4, -0.2) is 40.2 Å². The second-order valence-corrected chi connectivity index (χ2v) is 16.1. The van der Waals surface area contributed by atoms with Crippen molar-refractivity contribution in [1.82, 2.24) is 5.32 Å². The summed E-state index contributed by atoms with van der Waals surface area (Å²) in [6, 6.07) is 7.76. The second-order valence-electron chi connectivity index (χ2n) is 8.66. The van der Waals surface area contributed by atoms with E-state index in [-0.39, 0.29) is 23.6 Å². The minimum absolute atomic E-state index is 0.126. The molecule has 148 valence electrons. The van der Waals surface area contributed by atoms with Gasteiger partial charge in [0.15, 0.2) is 7.37 Å². The Morgan fingerprint density at radius 1 is 1.19 bits per heavy atom. The number of nitrogens with one attached hydrogen (secondary N) is 1. The van der Waals surface area contributed by atoms with Crippen LogP contribution in [0.5, 0.6) is 5.75 Å². The molecule has 0 aliphatic heterocycles. The van der Waals surface area contributed by atoms with Gasteiger partial charge < -0.3 is 14.3 Å². The average Bonchev–Trinajstić information content (AvgIpc) is 2.44. The SMILES string of the molecule is CC(=O)N[C@@H](COP(C)(C)=O)Cc1ccc(O[Si](C)(C)C(C)(C)C)cc1. The fourth-order valence-corrected chi connectivity index (χ4v) is 3.70. The lowest BCUT2D eigenvalue weighted by atomic mass is 10.1. The summed E-state index contributed by atoms with van der Waals surface area (Å²) in [5, 5.41) is 3.01. The van der Waals surface area contributed by atoms with E-state index in [1.807, 2.05) is 24.3 Å². The van der Waals surface area contributed by atoms with Gasteiger partial charge >= 0.3 is 0 Å². The summed E-state index contributed by atoms with van der Waals surface area (Å²) < 4.78 is 23.5. The van der Waals surface area contributed by atoms with Crippen LogP contribution in [0, 0.1) is 0 Å². The molecular formula is C19H34NO4PSi. The van der Waals surface area contributed by atoms with Crippen molar-refractivity contribution in [2.75, 3.05) is 19.9 Å². The molecule has 0 heterocycles. The zero-order valence-corrected chi connectivity index (χ0v) is 19.3. The molecule has 0 unspecified atom stereocenters. The third kappa shape index (κ3) is 8.06. The molecule has 1 aromatic carbocycles. The minimum atomic E-state index is -2.58. The number of rotatable bonds is 8. The largest absolute Gasteiger partial charge is 0.544 e. The summed E-state index contributed by atoms with van der Waals surface area (Å²) in [5.41, 5.74) is 1.07. The minimum Gasteiger partial charge on any atom is -0.544 e. The van der Waals surface area contributed by atoms with Crippen molar-refractivity contribution in [3.8, 4) is 5.75 Å². The Balaban J connectivity index is 2.79. The van der Waals surface area contributed by atoms with Crippen LogP contribution in [0.2, 0.25) is 18.1 Å². The first kappa shape index (κ1) is 22.9. The van der Waals surface area contributed by atoms with Crippen LogP contribution in [0.15, 0.2) is 24.3 Å². The zero-order valence-electron chi connectivity index (χ0n) is 17.4. The lowest BCUT2D eigenvalue weighted by Gasteiger charge is -2.36. The Morgan fingerprint density at radius 2 is 1.73 bits per heavy atom. The smallest absolute Gasteiger partial charge is 0.250 e. The van der Waals surface area contributed by atoms with Gasteiger partial charge in [-0.3, -0.25) is 9.36 Å². The van der Waals surface area contributed by atoms with E-state index in [1.165, 1.54) is 6.92 Å². The van der Waals surface area contributed by atoms with E-state index in [9.17, 15) is 9.36 Å². The van der Waals surface area contributed by atoms with E-state index in [4.69, 9.17) is 8.95 Å². The standard InChI is InChI=1S/C19H34NO4PSi/c1-15(21)20-17(14-23-25(5,6)22)13-16-9-11-18(12-10-16)24-26(7,8)19(2,3)4/h9-12,17H,13-14H2,1-8H3,(H,20,21)/t17-/m1/s1. The molecule has 0 saturated heterocycles. The van der Waals surface area contributed by atoms with Crippen LogP contribution in [0.3, 0.4) is 0 Å². The average molecular weight is 400 g/mol. The van der Waals surface area contributed by atoms with Gasteiger partial charge in [0.1, 0.15) is 5.75 Å². The molecule has 0 bridgehead atoms. The quantitative estimate of drug-likeness (QED) is 0.509. The highest BCUT2D eigenvalue weighted by atomic mass is 31.2. The van der Waals surface area contributed by atoms with Crippen molar-refractivity contribution in [2.45, 2.75) is 58.3 Å². The van der Waals surface area contributed by atoms with Crippen molar-refractivity contribution in [1.29, 1.82) is 0 Å². The van der Waals surface area contributed by atoms with E-state index in [0.29, 0.717) is 6.42 Å². The fraction of sp³-hybridized carbons (Fsp3) is 0.632. The molecule has 0 aromatic heterocycles. The number of hydrogen-bond donors (Lipinski definition) is 1. The molecular weight excluding hydrogens is 365 g/mol. The lowest BCUT2D eigenvalue weighted by Crippen LogP contribution is -2.43. The first-order valence-electron chi connectivity index (χ1n) is 8.94. The van der Waals surface area contributed by atoms with Crippen LogP contribution in [-0.2, 0) is 20.3 Å². The van der Waals surface area contributed by atoms with Crippen molar-refractivity contribution < 1.29 is 18.3 Å². The van der Waals surface area contributed by atoms with Crippen LogP contribution in [0.4, 0.5) is 0 Å². The Kier molecular flexibility index (Phi) is 7.70. The number of benzene rings is 1. The molecule has 1 rings (SSSR count). The van der Waals surface area contributed by atoms with Crippen LogP contribution < -0.4 is 9.74 Å². The summed E-state index contributed by atoms with van der Waals surface area (Å²) in [4.78, 5) is 11.4. The summed E-state index contributed by atoms with van der Waals surface area (Å²) >= 11 is 0. The summed E-state index contributed by atoms with van der Waals surface area (Å²) in [7, 11) is -4.44. The van der Waals surface area contributed by atoms with Crippen molar-refractivity contribution in [2.24, 2.45) is 0 Å². The van der Waals surface area contributed by atoms with Gasteiger partial charge in [-0.25, -0.2) is 0 Å². The van der Waals surface area contributed by atoms with Gasteiger partial charge in [-0.2, -0.15) is 0 Å². The Hall–Kier alpha value is -1.10. The van der Waals surface area contributed by atoms with Gasteiger partial charge in [-0.1, -0.05) is 32.9 Å². The van der Waals surface area contributed by atoms with E-state index < -0.39 is 15.7 Å². The Labute approximate surface area is 159 Å². The van der Waals surface area contributed by atoms with E-state index in [2.05, 4.69) is 39.2 Å². The Bertz CT molecular complexity index is 646. The van der Waals surface area contributed by atoms with E-state index >= 15 is 0 Å². The highest BCUT2D eigenvalue weighted by molar-refractivity contribution is 7.57. The van der Waals surface area contributed by atoms with Crippen molar-refractivity contribution in [3.05, 3.63) is 29.8 Å². The van der Waals surface area contributed by atoms with E-state index in [0.717, 1.165) is 11.3 Å². The van der Waals surface area contributed by atoms with Crippen LogP contribution >= 0.6 is 7.37 Å². The monoisotopic (exact) mass is 399 g/mol. The van der Waals surface area contributed by atoms with Crippen LogP contribution in [0.25, 0.3) is 0 Å². The molecule has 0 radical (unpaired) electrons. The van der Waals surface area contributed by atoms with Gasteiger partial charge in [-0.15, -0.1) is 0 Å². The second kappa shape index (κ2) is 8.72. The summed E-state index contributed by atoms with van der Waals surface area (Å²) in [6.45, 7) is 15.9. The highest BCUT2D eigenvalue weighted by Crippen LogP contribution is 2.38. The van der Waals surface area contributed by atoms with Crippen molar-refractivity contribution in [3.63, 3.8) is 0 Å². The molecule has 26 heavy (non-hydrogen) atoms. The molecule has 7 heteroatoms. The molecule has 0 fully saturated rings. The topological polar surface area (TPSA) is 64.6 Å². The number of amides is 1. The summed E-state index contributed by atoms with van der Waals surface area (Å²) in [5.74, 6) is 0.748. The first-order chi connectivity index (χ1) is 11.7. The van der Waals surface area contributed by atoms with Gasteiger partial charge in [0.2, 0.25) is 14.2 Å². The van der Waals surface area contributed by atoms with Crippen molar-refractivity contribution >= 4 is 21.6 Å². The normalized spacial score (nSPS) is 14.0. The molecule has 0 spiro atoms. The highest BCUT2D eigenvalue weighted by Gasteiger charge is 2.38. The number of hydrogen-bond acceptors (Lipinski definition) is 4. The lowest BCUT2D eigenvalue weighted by molar-refractivity contribution is -0.119. The maximum atomic E-state index is 11.8. The number of carbonyl (C=O) groups is 1. The molecule has 1 atom stereocenters. The van der Waals surface area contributed by atoms with Gasteiger partial charge in [0.05, 0.1) is 12.6 Å². The van der Waals surface area contributed by atoms with E-state index in [1.54, 1.807) is 13.3 Å². The fourth-order valence-electron chi connectivity index (χ4n) is 2.13. The van der Waals surface area contributed by atoms with Crippen LogP contribution in [0.1, 0.15) is 33.3 Å². The Morgan fingerprint density at radius 3 is 2.15 bits per heavy atom. The third-order valence-corrected chi connectivity index (χ3v) is 9.71. The molecule has 0 aliphatic rings. The molecule has 5 nitrogen and oxygen atoms in total. The molecule has 0 saturated carbocycles. The van der Waals surface area contributed by atoms with Gasteiger partial charge in [0, 0.05) is 20.3 Å². The predicted octanol–water partition coefficient (Wildman–Crippen LogP) is 4.67.